The minimum Gasteiger partial charge on any atom is -0.337 e. The Hall–Kier alpha value is -0.200. The first kappa shape index (κ1) is 13.2. The van der Waals surface area contributed by atoms with E-state index >= 15 is 0 Å². The van der Waals surface area contributed by atoms with Crippen LogP contribution in [-0.4, -0.2) is 27.4 Å². The summed E-state index contributed by atoms with van der Waals surface area (Å²) in [5, 5.41) is 4.47. The summed E-state index contributed by atoms with van der Waals surface area (Å²) in [5.74, 6) is 4.85. The van der Waals surface area contributed by atoms with Crippen LogP contribution >= 0.6 is 23.5 Å². The van der Waals surface area contributed by atoms with Crippen LogP contribution in [0.15, 0.2) is 4.52 Å². The molecule has 0 aliphatic carbocycles. The number of hydrogen-bond donors (Lipinski definition) is 1. The summed E-state index contributed by atoms with van der Waals surface area (Å²) in [5.41, 5.74) is 5.79. The third-order valence-corrected chi connectivity index (χ3v) is 5.98. The van der Waals surface area contributed by atoms with Crippen molar-refractivity contribution in [1.29, 1.82) is 0 Å². The van der Waals surface area contributed by atoms with Gasteiger partial charge in [-0.25, -0.2) is 0 Å². The second-order valence-electron chi connectivity index (χ2n) is 4.26. The Kier molecular flexibility index (Phi) is 4.38. The fourth-order valence-corrected chi connectivity index (χ4v) is 4.35. The van der Waals surface area contributed by atoms with E-state index in [4.69, 9.17) is 10.3 Å². The third kappa shape index (κ3) is 2.80. The van der Waals surface area contributed by atoms with Crippen LogP contribution in [0.5, 0.6) is 0 Å². The molecule has 2 rings (SSSR count). The Morgan fingerprint density at radius 1 is 1.41 bits per heavy atom. The third-order valence-electron chi connectivity index (χ3n) is 3.23. The molecule has 96 valence electrons. The van der Waals surface area contributed by atoms with Gasteiger partial charge >= 0.3 is 0 Å². The van der Waals surface area contributed by atoms with Crippen LogP contribution in [0.1, 0.15) is 43.7 Å². The molecule has 1 atom stereocenters. The highest BCUT2D eigenvalue weighted by Crippen LogP contribution is 2.36. The van der Waals surface area contributed by atoms with E-state index in [0.717, 1.165) is 30.2 Å². The molecule has 1 fully saturated rings. The summed E-state index contributed by atoms with van der Waals surface area (Å²) in [7, 11) is 0. The normalized spacial score (nSPS) is 21.7. The van der Waals surface area contributed by atoms with Gasteiger partial charge in [0.1, 0.15) is 0 Å². The first-order valence-electron chi connectivity index (χ1n) is 6.02. The minimum absolute atomic E-state index is 0.365. The molecule has 0 spiro atoms. The summed E-state index contributed by atoms with van der Waals surface area (Å²) in [6.07, 6.45) is 1.63. The van der Waals surface area contributed by atoms with E-state index < -0.39 is 5.54 Å². The monoisotopic (exact) mass is 273 g/mol. The van der Waals surface area contributed by atoms with Gasteiger partial charge in [0.2, 0.25) is 5.89 Å². The number of hydrogen-bond acceptors (Lipinski definition) is 6. The first-order valence-corrected chi connectivity index (χ1v) is 8.22. The fourth-order valence-electron chi connectivity index (χ4n) is 1.76. The number of nitrogens with two attached hydrogens (primary N) is 1. The lowest BCUT2D eigenvalue weighted by Crippen LogP contribution is -2.35. The quantitative estimate of drug-likeness (QED) is 0.909. The van der Waals surface area contributed by atoms with Crippen molar-refractivity contribution >= 4 is 23.5 Å². The Morgan fingerprint density at radius 2 is 2.18 bits per heavy atom. The molecule has 1 unspecified atom stereocenters. The van der Waals surface area contributed by atoms with Crippen LogP contribution in [0.25, 0.3) is 0 Å². The molecule has 1 aliphatic heterocycles. The average molecular weight is 273 g/mol. The van der Waals surface area contributed by atoms with Gasteiger partial charge in [-0.3, -0.25) is 0 Å². The molecule has 0 amide bonds. The molecule has 0 radical (unpaired) electrons. The van der Waals surface area contributed by atoms with Crippen molar-refractivity contribution in [1.82, 2.24) is 10.1 Å². The van der Waals surface area contributed by atoms with Crippen molar-refractivity contribution in [3.63, 3.8) is 0 Å². The average Bonchev–Trinajstić information content (AvgIpc) is 2.89. The summed E-state index contributed by atoms with van der Waals surface area (Å²) in [6, 6.07) is 0. The molecule has 1 aliphatic rings. The zero-order chi connectivity index (χ0) is 12.3. The summed E-state index contributed by atoms with van der Waals surface area (Å²) in [6.45, 7) is 4.11. The van der Waals surface area contributed by atoms with E-state index in [-0.39, 0.29) is 0 Å². The van der Waals surface area contributed by atoms with Crippen molar-refractivity contribution in [2.75, 3.05) is 17.3 Å². The van der Waals surface area contributed by atoms with E-state index in [1.54, 1.807) is 0 Å². The van der Waals surface area contributed by atoms with Gasteiger partial charge in [-0.2, -0.15) is 16.7 Å². The second kappa shape index (κ2) is 5.63. The molecular formula is C11H19N3OS2. The number of aromatic nitrogens is 2. The Balaban J connectivity index is 2.14. The highest BCUT2D eigenvalue weighted by Gasteiger charge is 2.31. The smallest absolute Gasteiger partial charge is 0.246 e. The zero-order valence-electron chi connectivity index (χ0n) is 10.3. The Morgan fingerprint density at radius 3 is 2.76 bits per heavy atom. The topological polar surface area (TPSA) is 64.9 Å². The highest BCUT2D eigenvalue weighted by molar-refractivity contribution is 8.06. The van der Waals surface area contributed by atoms with Gasteiger partial charge in [0.15, 0.2) is 5.82 Å². The van der Waals surface area contributed by atoms with Crippen molar-refractivity contribution in [2.24, 2.45) is 5.73 Å². The number of thioether (sulfide) groups is 2. The van der Waals surface area contributed by atoms with E-state index in [9.17, 15) is 0 Å². The van der Waals surface area contributed by atoms with Gasteiger partial charge in [0, 0.05) is 17.3 Å². The molecule has 4 nitrogen and oxygen atoms in total. The number of nitrogens with zero attached hydrogens (tertiary/aromatic N) is 2. The molecule has 0 saturated carbocycles. The second-order valence-corrected chi connectivity index (χ2v) is 6.72. The first-order chi connectivity index (χ1) is 8.19. The van der Waals surface area contributed by atoms with Gasteiger partial charge < -0.3 is 10.3 Å². The van der Waals surface area contributed by atoms with Gasteiger partial charge in [-0.05, 0) is 12.8 Å². The van der Waals surface area contributed by atoms with Gasteiger partial charge in [0.05, 0.1) is 10.8 Å². The van der Waals surface area contributed by atoms with Crippen molar-refractivity contribution in [3.8, 4) is 0 Å². The predicted molar refractivity (Wildman–Crippen MR) is 73.3 cm³/mol. The summed E-state index contributed by atoms with van der Waals surface area (Å²) in [4.78, 5) is 4.51. The van der Waals surface area contributed by atoms with Crippen molar-refractivity contribution < 1.29 is 4.52 Å². The minimum atomic E-state index is -0.461. The molecule has 1 saturated heterocycles. The fraction of sp³-hybridized carbons (Fsp3) is 0.818. The standard InChI is InChI=1S/C11H19N3OS2/c1-3-11(12,4-2)10-13-9(14-15-10)8-7-16-5-6-17-8/h8H,3-7,12H2,1-2H3. The maximum absolute atomic E-state index is 6.25. The van der Waals surface area contributed by atoms with Crippen LogP contribution in [-0.2, 0) is 5.54 Å². The van der Waals surface area contributed by atoms with Gasteiger partial charge in [0.25, 0.3) is 0 Å². The molecule has 2 N–H and O–H groups in total. The Bertz CT molecular complexity index is 359. The Labute approximate surface area is 110 Å². The lowest BCUT2D eigenvalue weighted by molar-refractivity contribution is 0.267. The number of rotatable bonds is 4. The molecule has 2 heterocycles. The van der Waals surface area contributed by atoms with Crippen LogP contribution in [0.4, 0.5) is 0 Å². The van der Waals surface area contributed by atoms with Crippen molar-refractivity contribution in [3.05, 3.63) is 11.7 Å². The molecule has 17 heavy (non-hydrogen) atoms. The lowest BCUT2D eigenvalue weighted by Gasteiger charge is -2.21. The zero-order valence-corrected chi connectivity index (χ0v) is 11.9. The molecule has 1 aromatic heterocycles. The van der Waals surface area contributed by atoms with E-state index in [0.29, 0.717) is 11.1 Å². The summed E-state index contributed by atoms with van der Waals surface area (Å²) >= 11 is 3.86. The van der Waals surface area contributed by atoms with E-state index in [2.05, 4.69) is 24.0 Å². The predicted octanol–water partition coefficient (Wildman–Crippen LogP) is 2.56. The molecule has 6 heteroatoms. The maximum atomic E-state index is 6.25. The van der Waals surface area contributed by atoms with E-state index in [1.807, 2.05) is 23.5 Å². The molecule has 0 aromatic carbocycles. The lowest BCUT2D eigenvalue weighted by atomic mass is 9.94. The van der Waals surface area contributed by atoms with Crippen LogP contribution in [0, 0.1) is 0 Å². The van der Waals surface area contributed by atoms with Crippen LogP contribution in [0.2, 0.25) is 0 Å². The largest absolute Gasteiger partial charge is 0.337 e. The highest BCUT2D eigenvalue weighted by atomic mass is 32.2. The van der Waals surface area contributed by atoms with Gasteiger partial charge in [-0.1, -0.05) is 19.0 Å². The van der Waals surface area contributed by atoms with E-state index in [1.165, 1.54) is 5.75 Å². The SMILES string of the molecule is CCC(N)(CC)c1nc(C2CSCCS2)no1. The van der Waals surface area contributed by atoms with Gasteiger partial charge in [-0.15, -0.1) is 11.8 Å². The molecular weight excluding hydrogens is 254 g/mol. The van der Waals surface area contributed by atoms with Crippen LogP contribution in [0.3, 0.4) is 0 Å². The molecule has 0 bridgehead atoms. The van der Waals surface area contributed by atoms with Crippen LogP contribution < -0.4 is 5.73 Å². The summed E-state index contributed by atoms with van der Waals surface area (Å²) < 4.78 is 5.36. The van der Waals surface area contributed by atoms with Crippen molar-refractivity contribution in [2.45, 2.75) is 37.5 Å². The molecule has 1 aromatic rings. The maximum Gasteiger partial charge on any atom is 0.246 e.